The molecule has 1 aliphatic rings. The number of likely N-dealkylation sites (tertiary alicyclic amines) is 1. The zero-order chi connectivity index (χ0) is 13.5. The van der Waals surface area contributed by atoms with E-state index in [2.05, 4.69) is 10.2 Å². The molecule has 0 aromatic rings. The van der Waals surface area contributed by atoms with E-state index in [1.807, 2.05) is 0 Å². The second-order valence-corrected chi connectivity index (χ2v) is 4.86. The van der Waals surface area contributed by atoms with E-state index in [0.717, 1.165) is 25.9 Å². The third-order valence-electron chi connectivity index (χ3n) is 3.39. The number of aliphatic carboxylic acids is 1. The molecule has 1 unspecified atom stereocenters. The van der Waals surface area contributed by atoms with Crippen molar-refractivity contribution in [1.82, 2.24) is 10.2 Å². The normalized spacial score (nSPS) is 19.4. The lowest BCUT2D eigenvalue weighted by atomic mass is 10.1. The van der Waals surface area contributed by atoms with Crippen LogP contribution in [0.2, 0.25) is 0 Å². The summed E-state index contributed by atoms with van der Waals surface area (Å²) in [5.41, 5.74) is 5.78. The molecule has 1 saturated heterocycles. The minimum absolute atomic E-state index is 0.106. The Kier molecular flexibility index (Phi) is 6.07. The third kappa shape index (κ3) is 5.01. The molecule has 1 amide bonds. The van der Waals surface area contributed by atoms with E-state index in [4.69, 9.17) is 10.8 Å². The monoisotopic (exact) mass is 257 g/mol. The molecule has 0 aromatic carbocycles. The van der Waals surface area contributed by atoms with Gasteiger partial charge in [-0.15, -0.1) is 0 Å². The first-order valence-corrected chi connectivity index (χ1v) is 6.50. The standard InChI is InChI=1S/C12H23N3O3/c1-2-9(12(17)18)7-14-11(16)8-15-5-3-10(13)4-6-15/h9-10H,2-8,13H2,1H3,(H,14,16)(H,17,18). The summed E-state index contributed by atoms with van der Waals surface area (Å²) in [6.45, 7) is 4.02. The van der Waals surface area contributed by atoms with Crippen molar-refractivity contribution in [2.45, 2.75) is 32.2 Å². The van der Waals surface area contributed by atoms with Gasteiger partial charge in [-0.1, -0.05) is 6.92 Å². The topological polar surface area (TPSA) is 95.7 Å². The SMILES string of the molecule is CCC(CNC(=O)CN1CCC(N)CC1)C(=O)O. The van der Waals surface area contributed by atoms with Gasteiger partial charge in [-0.25, -0.2) is 0 Å². The molecule has 0 saturated carbocycles. The van der Waals surface area contributed by atoms with Crippen LogP contribution < -0.4 is 11.1 Å². The molecule has 1 rings (SSSR count). The predicted octanol–water partition coefficient (Wildman–Crippen LogP) is -0.363. The number of hydrogen-bond acceptors (Lipinski definition) is 4. The minimum atomic E-state index is -0.859. The van der Waals surface area contributed by atoms with Crippen LogP contribution in [0.15, 0.2) is 0 Å². The minimum Gasteiger partial charge on any atom is -0.481 e. The van der Waals surface area contributed by atoms with E-state index in [1.165, 1.54) is 0 Å². The number of nitrogens with zero attached hydrogens (tertiary/aromatic N) is 1. The van der Waals surface area contributed by atoms with Crippen molar-refractivity contribution in [3.05, 3.63) is 0 Å². The van der Waals surface area contributed by atoms with Crippen molar-refractivity contribution in [3.8, 4) is 0 Å². The molecule has 0 aromatic heterocycles. The molecule has 6 heteroatoms. The van der Waals surface area contributed by atoms with E-state index in [1.54, 1.807) is 6.92 Å². The van der Waals surface area contributed by atoms with Gasteiger partial charge in [0, 0.05) is 25.7 Å². The number of rotatable bonds is 6. The van der Waals surface area contributed by atoms with Gasteiger partial charge in [0.1, 0.15) is 0 Å². The van der Waals surface area contributed by atoms with Crippen molar-refractivity contribution >= 4 is 11.9 Å². The quantitative estimate of drug-likeness (QED) is 0.604. The summed E-state index contributed by atoms with van der Waals surface area (Å²) in [5, 5.41) is 11.5. The smallest absolute Gasteiger partial charge is 0.308 e. The first-order chi connectivity index (χ1) is 8.52. The van der Waals surface area contributed by atoms with Gasteiger partial charge >= 0.3 is 5.97 Å². The molecular weight excluding hydrogens is 234 g/mol. The van der Waals surface area contributed by atoms with Gasteiger partial charge in [0.05, 0.1) is 12.5 Å². The summed E-state index contributed by atoms with van der Waals surface area (Å²) in [6.07, 6.45) is 2.36. The van der Waals surface area contributed by atoms with Crippen LogP contribution in [0.1, 0.15) is 26.2 Å². The highest BCUT2D eigenvalue weighted by atomic mass is 16.4. The highest BCUT2D eigenvalue weighted by molar-refractivity contribution is 5.79. The summed E-state index contributed by atoms with van der Waals surface area (Å²) in [7, 11) is 0. The Labute approximate surface area is 108 Å². The van der Waals surface area contributed by atoms with Crippen LogP contribution in [0.5, 0.6) is 0 Å². The summed E-state index contributed by atoms with van der Waals surface area (Å²) < 4.78 is 0. The van der Waals surface area contributed by atoms with E-state index in [-0.39, 0.29) is 18.5 Å². The molecule has 104 valence electrons. The molecule has 0 spiro atoms. The lowest BCUT2D eigenvalue weighted by Crippen LogP contribution is -2.45. The zero-order valence-electron chi connectivity index (χ0n) is 10.9. The maximum atomic E-state index is 11.7. The van der Waals surface area contributed by atoms with Crippen molar-refractivity contribution in [3.63, 3.8) is 0 Å². The Morgan fingerprint density at radius 1 is 1.44 bits per heavy atom. The van der Waals surface area contributed by atoms with Crippen molar-refractivity contribution in [2.75, 3.05) is 26.2 Å². The van der Waals surface area contributed by atoms with E-state index >= 15 is 0 Å². The summed E-state index contributed by atoms with van der Waals surface area (Å²) in [6, 6.07) is 0.251. The average Bonchev–Trinajstić information content (AvgIpc) is 2.32. The van der Waals surface area contributed by atoms with Gasteiger partial charge in [0.2, 0.25) is 5.91 Å². The van der Waals surface area contributed by atoms with Crippen LogP contribution in [-0.4, -0.2) is 54.1 Å². The van der Waals surface area contributed by atoms with E-state index < -0.39 is 11.9 Å². The number of piperidine rings is 1. The fourth-order valence-corrected chi connectivity index (χ4v) is 2.01. The Hall–Kier alpha value is -1.14. The molecule has 1 atom stereocenters. The van der Waals surface area contributed by atoms with Crippen LogP contribution in [0.3, 0.4) is 0 Å². The number of carbonyl (C=O) groups is 2. The van der Waals surface area contributed by atoms with Gasteiger partial charge in [-0.3, -0.25) is 14.5 Å². The Morgan fingerprint density at radius 2 is 2.06 bits per heavy atom. The first kappa shape index (κ1) is 14.9. The predicted molar refractivity (Wildman–Crippen MR) is 68.1 cm³/mol. The molecule has 6 nitrogen and oxygen atoms in total. The summed E-state index contributed by atoms with van der Waals surface area (Å²) in [5.74, 6) is -1.46. The van der Waals surface area contributed by atoms with Crippen LogP contribution in [0, 0.1) is 5.92 Å². The molecule has 1 heterocycles. The van der Waals surface area contributed by atoms with Crippen molar-refractivity contribution in [1.29, 1.82) is 0 Å². The van der Waals surface area contributed by atoms with Gasteiger partial charge < -0.3 is 16.2 Å². The van der Waals surface area contributed by atoms with Gasteiger partial charge in [-0.2, -0.15) is 0 Å². The molecule has 0 aliphatic carbocycles. The lowest BCUT2D eigenvalue weighted by molar-refractivity contribution is -0.141. The molecule has 18 heavy (non-hydrogen) atoms. The number of amides is 1. The Bertz CT molecular complexity index is 288. The first-order valence-electron chi connectivity index (χ1n) is 6.50. The van der Waals surface area contributed by atoms with Crippen molar-refractivity contribution < 1.29 is 14.7 Å². The molecule has 1 aliphatic heterocycles. The summed E-state index contributed by atoms with van der Waals surface area (Å²) in [4.78, 5) is 24.5. The van der Waals surface area contributed by atoms with Crippen LogP contribution in [0.4, 0.5) is 0 Å². The summed E-state index contributed by atoms with van der Waals surface area (Å²) >= 11 is 0. The van der Waals surface area contributed by atoms with Gasteiger partial charge in [0.15, 0.2) is 0 Å². The molecule has 4 N–H and O–H groups in total. The van der Waals surface area contributed by atoms with Gasteiger partial charge in [0.25, 0.3) is 0 Å². The van der Waals surface area contributed by atoms with E-state index in [9.17, 15) is 9.59 Å². The molecular formula is C12H23N3O3. The second-order valence-electron chi connectivity index (χ2n) is 4.86. The number of nitrogens with two attached hydrogens (primary N) is 1. The maximum absolute atomic E-state index is 11.7. The Morgan fingerprint density at radius 3 is 2.56 bits per heavy atom. The Balaban J connectivity index is 2.23. The van der Waals surface area contributed by atoms with E-state index in [0.29, 0.717) is 13.0 Å². The number of nitrogens with one attached hydrogen (secondary N) is 1. The lowest BCUT2D eigenvalue weighted by Gasteiger charge is -2.29. The number of carboxylic acids is 1. The van der Waals surface area contributed by atoms with Crippen LogP contribution in [0.25, 0.3) is 0 Å². The molecule has 1 fully saturated rings. The van der Waals surface area contributed by atoms with Crippen LogP contribution >= 0.6 is 0 Å². The number of hydrogen-bond donors (Lipinski definition) is 3. The maximum Gasteiger partial charge on any atom is 0.308 e. The van der Waals surface area contributed by atoms with Crippen LogP contribution in [-0.2, 0) is 9.59 Å². The highest BCUT2D eigenvalue weighted by Gasteiger charge is 2.20. The number of carboxylic acid groups (broad SMARTS) is 1. The highest BCUT2D eigenvalue weighted by Crippen LogP contribution is 2.07. The number of carbonyl (C=O) groups excluding carboxylic acids is 1. The van der Waals surface area contributed by atoms with Crippen molar-refractivity contribution in [2.24, 2.45) is 11.7 Å². The van der Waals surface area contributed by atoms with Gasteiger partial charge in [-0.05, 0) is 19.3 Å². The zero-order valence-corrected chi connectivity index (χ0v) is 10.9. The molecule has 0 bridgehead atoms. The fourth-order valence-electron chi connectivity index (χ4n) is 2.01. The largest absolute Gasteiger partial charge is 0.481 e. The molecule has 0 radical (unpaired) electrons. The average molecular weight is 257 g/mol. The fraction of sp³-hybridized carbons (Fsp3) is 0.833. The third-order valence-corrected chi connectivity index (χ3v) is 3.39. The second kappa shape index (κ2) is 7.33.